The Labute approximate surface area is 120 Å². The van der Waals surface area contributed by atoms with Gasteiger partial charge in [0.2, 0.25) is 0 Å². The molecule has 0 N–H and O–H groups in total. The summed E-state index contributed by atoms with van der Waals surface area (Å²) < 4.78 is 0. The minimum Gasteiger partial charge on any atom is -0.274 e. The maximum absolute atomic E-state index is 3.36. The summed E-state index contributed by atoms with van der Waals surface area (Å²) in [6.07, 6.45) is 8.82. The van der Waals surface area contributed by atoms with Crippen LogP contribution in [0.5, 0.6) is 0 Å². The van der Waals surface area contributed by atoms with Gasteiger partial charge in [0, 0.05) is 34.3 Å². The first-order valence-corrected chi connectivity index (χ1v) is 6.88. The summed E-state index contributed by atoms with van der Waals surface area (Å²) in [6.45, 7) is 7.06. The molecule has 5 heteroatoms. The van der Waals surface area contributed by atoms with Crippen molar-refractivity contribution in [1.82, 2.24) is 0 Å². The summed E-state index contributed by atoms with van der Waals surface area (Å²) in [5.41, 5.74) is 0. The van der Waals surface area contributed by atoms with Crippen LogP contribution in [-0.4, -0.2) is 8.07 Å². The summed E-state index contributed by atoms with van der Waals surface area (Å²) in [7, 11) is -1.01. The summed E-state index contributed by atoms with van der Waals surface area (Å²) in [6, 6.07) is 0. The fourth-order valence-electron chi connectivity index (χ4n) is 0.920. The number of hydrogen-bond acceptors (Lipinski definition) is 0. The molecule has 1 aliphatic carbocycles. The Bertz CT molecular complexity index is 173. The van der Waals surface area contributed by atoms with E-state index in [4.69, 9.17) is 0 Å². The first-order chi connectivity index (χ1) is 4.11. The molecule has 0 unspecified atom stereocenters. The molecular formula is C8H16Cl3SiZr-. The second kappa shape index (κ2) is 9.98. The van der Waals surface area contributed by atoms with Gasteiger partial charge in [0.05, 0.1) is 0 Å². The van der Waals surface area contributed by atoms with E-state index in [1.165, 1.54) is 5.20 Å². The monoisotopic (exact) mass is 335 g/mol. The van der Waals surface area contributed by atoms with Crippen molar-refractivity contribution in [2.24, 2.45) is 0 Å². The van der Waals surface area contributed by atoms with Crippen molar-refractivity contribution in [3.8, 4) is 0 Å². The van der Waals surface area contributed by atoms with E-state index >= 15 is 0 Å². The van der Waals surface area contributed by atoms with Gasteiger partial charge < -0.3 is 0 Å². The zero-order valence-corrected chi connectivity index (χ0v) is 14.0. The molecule has 13 heavy (non-hydrogen) atoms. The van der Waals surface area contributed by atoms with E-state index in [2.05, 4.69) is 37.9 Å². The van der Waals surface area contributed by atoms with Crippen molar-refractivity contribution in [3.63, 3.8) is 0 Å². The maximum Gasteiger partial charge on any atom is 0.0393 e. The van der Waals surface area contributed by atoms with Crippen LogP contribution < -0.4 is 0 Å². The largest absolute Gasteiger partial charge is 0.274 e. The molecule has 0 atom stereocenters. The SMILES string of the molecule is C[Si](C)(C)C1=[C-]CC=C1.Cl.Cl.Cl.[Zr]. The number of allylic oxidation sites excluding steroid dienone is 4. The fourth-order valence-corrected chi connectivity index (χ4v) is 2.17. The summed E-state index contributed by atoms with van der Waals surface area (Å²) in [4.78, 5) is 0. The van der Waals surface area contributed by atoms with E-state index in [0.29, 0.717) is 0 Å². The summed E-state index contributed by atoms with van der Waals surface area (Å²) >= 11 is 0. The molecule has 0 saturated heterocycles. The normalized spacial score (nSPS) is 12.7. The van der Waals surface area contributed by atoms with Crippen LogP contribution in [0, 0.1) is 6.08 Å². The summed E-state index contributed by atoms with van der Waals surface area (Å²) in [5, 5.41) is 1.49. The van der Waals surface area contributed by atoms with Crippen molar-refractivity contribution < 1.29 is 26.2 Å². The topological polar surface area (TPSA) is 0 Å². The van der Waals surface area contributed by atoms with Crippen LogP contribution in [-0.2, 0) is 26.2 Å². The van der Waals surface area contributed by atoms with Gasteiger partial charge in [-0.25, -0.2) is 11.3 Å². The van der Waals surface area contributed by atoms with Gasteiger partial charge in [-0.05, 0) is 0 Å². The van der Waals surface area contributed by atoms with Crippen molar-refractivity contribution in [2.75, 3.05) is 0 Å². The summed E-state index contributed by atoms with van der Waals surface area (Å²) in [5.74, 6) is 0. The molecule has 0 radical (unpaired) electrons. The molecule has 1 aliphatic rings. The standard InChI is InChI=1S/C8H13Si.3ClH.Zr/c1-9(2,3)8-6-4-5-7-8;;;;/h4,6H,5H2,1-3H3;3*1H;/q-1;;;;. The Morgan fingerprint density at radius 3 is 1.77 bits per heavy atom. The third kappa shape index (κ3) is 8.44. The Kier molecular flexibility index (Phi) is 18.4. The Morgan fingerprint density at radius 2 is 1.62 bits per heavy atom. The predicted molar refractivity (Wildman–Crippen MR) is 65.6 cm³/mol. The quantitative estimate of drug-likeness (QED) is 0.504. The molecule has 0 heterocycles. The van der Waals surface area contributed by atoms with Gasteiger partial charge in [-0.3, -0.25) is 6.08 Å². The molecule has 0 saturated carbocycles. The van der Waals surface area contributed by atoms with E-state index < -0.39 is 8.07 Å². The minimum atomic E-state index is -1.01. The molecule has 1 rings (SSSR count). The zero-order chi connectivity index (χ0) is 6.91. The third-order valence-electron chi connectivity index (χ3n) is 1.50. The van der Waals surface area contributed by atoms with Crippen molar-refractivity contribution in [3.05, 3.63) is 23.4 Å². The molecule has 0 aromatic rings. The van der Waals surface area contributed by atoms with E-state index in [0.717, 1.165) is 6.42 Å². The van der Waals surface area contributed by atoms with Gasteiger partial charge in [0.1, 0.15) is 0 Å². The van der Waals surface area contributed by atoms with Crippen LogP contribution in [0.3, 0.4) is 0 Å². The number of rotatable bonds is 1. The van der Waals surface area contributed by atoms with Crippen LogP contribution in [0.1, 0.15) is 6.42 Å². The Balaban J connectivity index is -0.000000101. The van der Waals surface area contributed by atoms with Gasteiger partial charge in [-0.2, -0.15) is 6.08 Å². The van der Waals surface area contributed by atoms with Crippen molar-refractivity contribution >= 4 is 45.3 Å². The zero-order valence-electron chi connectivity index (χ0n) is 8.09. The van der Waals surface area contributed by atoms with Crippen LogP contribution in [0.15, 0.2) is 17.3 Å². The van der Waals surface area contributed by atoms with Gasteiger partial charge in [0.25, 0.3) is 0 Å². The molecule has 0 aromatic carbocycles. The second-order valence-electron chi connectivity index (χ2n) is 3.45. The smallest absolute Gasteiger partial charge is 0.0393 e. The molecule has 0 bridgehead atoms. The molecule has 0 amide bonds. The van der Waals surface area contributed by atoms with E-state index in [1.807, 2.05) is 0 Å². The van der Waals surface area contributed by atoms with E-state index in [9.17, 15) is 0 Å². The Hall–Kier alpha value is 1.45. The molecule has 0 nitrogen and oxygen atoms in total. The van der Waals surface area contributed by atoms with Crippen molar-refractivity contribution in [1.29, 1.82) is 0 Å². The molecule has 0 fully saturated rings. The van der Waals surface area contributed by atoms with Gasteiger partial charge in [-0.1, -0.05) is 19.6 Å². The van der Waals surface area contributed by atoms with E-state index in [-0.39, 0.29) is 63.4 Å². The predicted octanol–water partition coefficient (Wildman–Crippen LogP) is 3.82. The average molecular weight is 338 g/mol. The van der Waals surface area contributed by atoms with Gasteiger partial charge >= 0.3 is 0 Å². The first-order valence-electron chi connectivity index (χ1n) is 3.38. The maximum atomic E-state index is 3.36. The minimum absolute atomic E-state index is 0. The van der Waals surface area contributed by atoms with Crippen LogP contribution >= 0.6 is 37.2 Å². The molecule has 0 aromatic heterocycles. The van der Waals surface area contributed by atoms with E-state index in [1.54, 1.807) is 0 Å². The average Bonchev–Trinajstić information content (AvgIpc) is 2.08. The number of halogens is 3. The molecule has 0 spiro atoms. The van der Waals surface area contributed by atoms with Crippen LogP contribution in [0.25, 0.3) is 0 Å². The molecular weight excluding hydrogens is 322 g/mol. The molecule has 78 valence electrons. The first kappa shape index (κ1) is 23.9. The Morgan fingerprint density at radius 1 is 1.15 bits per heavy atom. The van der Waals surface area contributed by atoms with Crippen LogP contribution in [0.2, 0.25) is 19.6 Å². The second-order valence-corrected chi connectivity index (χ2v) is 8.49. The number of hydrogen-bond donors (Lipinski definition) is 0. The van der Waals surface area contributed by atoms with Gasteiger partial charge in [0.15, 0.2) is 0 Å². The van der Waals surface area contributed by atoms with Gasteiger partial charge in [-0.15, -0.1) is 43.6 Å². The van der Waals surface area contributed by atoms with Crippen molar-refractivity contribution in [2.45, 2.75) is 26.1 Å². The molecule has 0 aliphatic heterocycles. The third-order valence-corrected chi connectivity index (χ3v) is 3.46. The fraction of sp³-hybridized carbons (Fsp3) is 0.500. The van der Waals surface area contributed by atoms with Crippen LogP contribution in [0.4, 0.5) is 0 Å².